The molecule has 1 aliphatic rings. The van der Waals surface area contributed by atoms with Gasteiger partial charge in [-0.3, -0.25) is 4.55 Å². The Labute approximate surface area is 79.0 Å². The number of hydrogen-bond acceptors (Lipinski definition) is 3. The van der Waals surface area contributed by atoms with Crippen molar-refractivity contribution in [3.63, 3.8) is 0 Å². The largest absolute Gasteiger partial charge is 0.372 e. The Morgan fingerprint density at radius 2 is 2.15 bits per heavy atom. The second-order valence-electron chi connectivity index (χ2n) is 3.42. The first-order valence-electron chi connectivity index (χ1n) is 4.63. The van der Waals surface area contributed by atoms with Gasteiger partial charge in [-0.1, -0.05) is 26.2 Å². The summed E-state index contributed by atoms with van der Waals surface area (Å²) < 4.78 is 35.5. The molecule has 4 nitrogen and oxygen atoms in total. The number of rotatable bonds is 6. The van der Waals surface area contributed by atoms with Crippen molar-refractivity contribution in [3.8, 4) is 0 Å². The second-order valence-corrected chi connectivity index (χ2v) is 5.06. The van der Waals surface area contributed by atoms with E-state index in [1.165, 1.54) is 0 Å². The van der Waals surface area contributed by atoms with Crippen molar-refractivity contribution < 1.29 is 17.7 Å². The Morgan fingerprint density at radius 3 is 2.54 bits per heavy atom. The molecule has 13 heavy (non-hydrogen) atoms. The van der Waals surface area contributed by atoms with Gasteiger partial charge in [0.05, 0.1) is 6.61 Å². The summed E-state index contributed by atoms with van der Waals surface area (Å²) in [6.07, 6.45) is 3.13. The highest BCUT2D eigenvalue weighted by Crippen LogP contribution is 2.24. The van der Waals surface area contributed by atoms with E-state index in [0.717, 1.165) is 19.3 Å². The third-order valence-corrected chi connectivity index (χ3v) is 3.55. The minimum absolute atomic E-state index is 0.258. The molecule has 0 bridgehead atoms. The molecule has 0 amide bonds. The topological polar surface area (TPSA) is 66.9 Å². The standard InChI is InChI=1S/C8H16O4S/c1-2-3-4-5-8(7-6-12-7)13(9,10)11/h7-8H,2-6H2,1H3,(H,9,10,11). The van der Waals surface area contributed by atoms with Crippen molar-refractivity contribution in [1.82, 2.24) is 0 Å². The zero-order valence-electron chi connectivity index (χ0n) is 7.77. The Morgan fingerprint density at radius 1 is 1.54 bits per heavy atom. The van der Waals surface area contributed by atoms with Crippen LogP contribution in [0.25, 0.3) is 0 Å². The van der Waals surface area contributed by atoms with Gasteiger partial charge < -0.3 is 4.74 Å². The second kappa shape index (κ2) is 4.39. The predicted molar refractivity (Wildman–Crippen MR) is 49.2 cm³/mol. The summed E-state index contributed by atoms with van der Waals surface area (Å²) in [6, 6.07) is 0. The maximum absolute atomic E-state index is 10.9. The molecule has 1 aliphatic heterocycles. The van der Waals surface area contributed by atoms with Gasteiger partial charge in [-0.25, -0.2) is 0 Å². The van der Waals surface area contributed by atoms with E-state index in [-0.39, 0.29) is 6.10 Å². The van der Waals surface area contributed by atoms with Crippen LogP contribution in [-0.2, 0) is 14.9 Å². The van der Waals surface area contributed by atoms with E-state index in [1.807, 2.05) is 0 Å². The van der Waals surface area contributed by atoms with Crippen LogP contribution >= 0.6 is 0 Å². The van der Waals surface area contributed by atoms with Crippen LogP contribution in [0.1, 0.15) is 32.6 Å². The molecule has 0 aromatic rings. The summed E-state index contributed by atoms with van der Waals surface area (Å²) in [5.41, 5.74) is 0. The van der Waals surface area contributed by atoms with Crippen LogP contribution in [-0.4, -0.2) is 30.9 Å². The van der Waals surface area contributed by atoms with Crippen LogP contribution in [0.2, 0.25) is 0 Å². The molecule has 1 fully saturated rings. The Bertz CT molecular complexity index is 243. The third kappa shape index (κ3) is 3.62. The quantitative estimate of drug-likeness (QED) is 0.405. The summed E-state index contributed by atoms with van der Waals surface area (Å²) in [4.78, 5) is 0. The van der Waals surface area contributed by atoms with Gasteiger partial charge in [0.15, 0.2) is 0 Å². The van der Waals surface area contributed by atoms with Crippen LogP contribution in [0.5, 0.6) is 0 Å². The Balaban J connectivity index is 2.39. The van der Waals surface area contributed by atoms with Crippen LogP contribution in [0.4, 0.5) is 0 Å². The van der Waals surface area contributed by atoms with E-state index in [4.69, 9.17) is 9.29 Å². The van der Waals surface area contributed by atoms with E-state index in [1.54, 1.807) is 0 Å². The zero-order valence-corrected chi connectivity index (χ0v) is 8.59. The normalized spacial score (nSPS) is 24.3. The van der Waals surface area contributed by atoms with Gasteiger partial charge in [0.2, 0.25) is 0 Å². The molecule has 0 aliphatic carbocycles. The third-order valence-electron chi connectivity index (χ3n) is 2.25. The first-order chi connectivity index (χ1) is 6.05. The SMILES string of the molecule is CCCCCC(C1CO1)S(=O)(=O)O. The van der Waals surface area contributed by atoms with Gasteiger partial charge in [0.25, 0.3) is 10.1 Å². The van der Waals surface area contributed by atoms with Crippen molar-refractivity contribution in [2.45, 2.75) is 44.0 Å². The van der Waals surface area contributed by atoms with Gasteiger partial charge in [0.1, 0.15) is 11.4 Å². The van der Waals surface area contributed by atoms with Crippen molar-refractivity contribution in [1.29, 1.82) is 0 Å². The smallest absolute Gasteiger partial charge is 0.270 e. The van der Waals surface area contributed by atoms with E-state index >= 15 is 0 Å². The van der Waals surface area contributed by atoms with Gasteiger partial charge in [-0.05, 0) is 6.42 Å². The fourth-order valence-electron chi connectivity index (χ4n) is 1.39. The summed E-state index contributed by atoms with van der Waals surface area (Å²) in [5, 5.41) is -0.695. The predicted octanol–water partition coefficient (Wildman–Crippen LogP) is 1.22. The number of epoxide rings is 1. The molecule has 1 saturated heterocycles. The van der Waals surface area contributed by atoms with Crippen LogP contribution in [0.15, 0.2) is 0 Å². The molecule has 0 aromatic heterocycles. The van der Waals surface area contributed by atoms with Gasteiger partial charge in [-0.15, -0.1) is 0 Å². The molecule has 2 atom stereocenters. The molecular formula is C8H16O4S. The molecule has 0 radical (unpaired) electrons. The molecule has 0 aromatic carbocycles. The lowest BCUT2D eigenvalue weighted by Gasteiger charge is -2.09. The monoisotopic (exact) mass is 208 g/mol. The van der Waals surface area contributed by atoms with Crippen molar-refractivity contribution >= 4 is 10.1 Å². The molecule has 1 rings (SSSR count). The van der Waals surface area contributed by atoms with E-state index < -0.39 is 15.4 Å². The van der Waals surface area contributed by atoms with E-state index in [2.05, 4.69) is 6.92 Å². The molecule has 1 N–H and O–H groups in total. The molecule has 2 unspecified atom stereocenters. The van der Waals surface area contributed by atoms with Crippen molar-refractivity contribution in [2.24, 2.45) is 0 Å². The number of unbranched alkanes of at least 4 members (excludes halogenated alkanes) is 2. The summed E-state index contributed by atoms with van der Waals surface area (Å²) >= 11 is 0. The number of hydrogen-bond donors (Lipinski definition) is 1. The fraction of sp³-hybridized carbons (Fsp3) is 1.00. The minimum atomic E-state index is -3.91. The Hall–Kier alpha value is -0.130. The van der Waals surface area contributed by atoms with E-state index in [9.17, 15) is 8.42 Å². The minimum Gasteiger partial charge on any atom is -0.372 e. The van der Waals surface area contributed by atoms with Gasteiger partial charge in [-0.2, -0.15) is 8.42 Å². The van der Waals surface area contributed by atoms with Crippen LogP contribution in [0, 0.1) is 0 Å². The van der Waals surface area contributed by atoms with Gasteiger partial charge in [0, 0.05) is 0 Å². The van der Waals surface area contributed by atoms with Crippen LogP contribution < -0.4 is 0 Å². The highest BCUT2D eigenvalue weighted by molar-refractivity contribution is 7.86. The number of ether oxygens (including phenoxy) is 1. The maximum Gasteiger partial charge on any atom is 0.270 e. The molecule has 78 valence electrons. The van der Waals surface area contributed by atoms with Gasteiger partial charge >= 0.3 is 0 Å². The lowest BCUT2D eigenvalue weighted by molar-refractivity contribution is 0.371. The highest BCUT2D eigenvalue weighted by Gasteiger charge is 2.40. The van der Waals surface area contributed by atoms with Crippen molar-refractivity contribution in [3.05, 3.63) is 0 Å². The molecular weight excluding hydrogens is 192 g/mol. The summed E-state index contributed by atoms with van der Waals surface area (Å²) in [6.45, 7) is 2.52. The summed E-state index contributed by atoms with van der Waals surface area (Å²) in [7, 11) is -3.91. The lowest BCUT2D eigenvalue weighted by atomic mass is 10.1. The van der Waals surface area contributed by atoms with E-state index in [0.29, 0.717) is 13.0 Å². The zero-order chi connectivity index (χ0) is 9.90. The average Bonchev–Trinajstić information content (AvgIpc) is 2.78. The first-order valence-corrected chi connectivity index (χ1v) is 6.14. The average molecular weight is 208 g/mol. The molecule has 0 spiro atoms. The highest BCUT2D eigenvalue weighted by atomic mass is 32.2. The fourth-order valence-corrected chi connectivity index (χ4v) is 2.40. The van der Waals surface area contributed by atoms with Crippen LogP contribution in [0.3, 0.4) is 0 Å². The maximum atomic E-state index is 10.9. The first kappa shape index (κ1) is 10.9. The summed E-state index contributed by atoms with van der Waals surface area (Å²) in [5.74, 6) is 0. The Kier molecular flexibility index (Phi) is 3.70. The van der Waals surface area contributed by atoms with Crippen molar-refractivity contribution in [2.75, 3.05) is 6.61 Å². The molecule has 1 heterocycles. The molecule has 0 saturated carbocycles. The molecule has 5 heteroatoms. The lowest BCUT2D eigenvalue weighted by Crippen LogP contribution is -2.26.